The second-order valence-corrected chi connectivity index (χ2v) is 5.34. The van der Waals surface area contributed by atoms with Gasteiger partial charge in [-0.15, -0.1) is 11.3 Å². The van der Waals surface area contributed by atoms with E-state index in [1.807, 2.05) is 25.3 Å². The van der Waals surface area contributed by atoms with Gasteiger partial charge in [-0.25, -0.2) is 0 Å². The Morgan fingerprint density at radius 2 is 2.26 bits per heavy atom. The van der Waals surface area contributed by atoms with Crippen LogP contribution in [0.5, 0.6) is 0 Å². The molecule has 3 rings (SSSR count). The Morgan fingerprint density at radius 3 is 3.00 bits per heavy atom. The van der Waals surface area contributed by atoms with Crippen molar-refractivity contribution in [2.75, 3.05) is 0 Å². The van der Waals surface area contributed by atoms with Gasteiger partial charge in [-0.1, -0.05) is 6.07 Å². The van der Waals surface area contributed by atoms with Crippen LogP contribution in [0.15, 0.2) is 29.8 Å². The Balaban J connectivity index is 1.63. The Bertz CT molecular complexity index is 638. The Morgan fingerprint density at radius 1 is 1.32 bits per heavy atom. The van der Waals surface area contributed by atoms with Crippen molar-refractivity contribution in [3.63, 3.8) is 0 Å². The Hall–Kier alpha value is -1.92. The molecule has 0 saturated heterocycles. The maximum Gasteiger partial charge on any atom is 0.0794 e. The minimum absolute atomic E-state index is 0.749. The lowest BCUT2D eigenvalue weighted by Crippen LogP contribution is -2.13. The Labute approximate surface area is 115 Å². The lowest BCUT2D eigenvalue weighted by atomic mass is 10.2. The lowest BCUT2D eigenvalue weighted by Gasteiger charge is -2.02. The molecule has 0 saturated carbocycles. The van der Waals surface area contributed by atoms with Crippen molar-refractivity contribution in [1.29, 1.82) is 0 Å². The first-order valence-electron chi connectivity index (χ1n) is 6.10. The highest BCUT2D eigenvalue weighted by Gasteiger charge is 2.08. The normalized spacial score (nSPS) is 11.0. The summed E-state index contributed by atoms with van der Waals surface area (Å²) in [6.07, 6.45) is 1.87. The zero-order valence-corrected chi connectivity index (χ0v) is 11.4. The summed E-state index contributed by atoms with van der Waals surface area (Å²) in [5.41, 5.74) is 4.38. The van der Waals surface area contributed by atoms with Gasteiger partial charge < -0.3 is 5.32 Å². The van der Waals surface area contributed by atoms with Crippen LogP contribution in [0.4, 0.5) is 0 Å². The molecule has 0 bridgehead atoms. The molecular weight excluding hydrogens is 258 g/mol. The molecule has 98 valence electrons. The van der Waals surface area contributed by atoms with E-state index in [0.29, 0.717) is 0 Å². The number of aromatic amines is 2. The fourth-order valence-electron chi connectivity index (χ4n) is 1.97. The highest BCUT2D eigenvalue weighted by atomic mass is 32.1. The van der Waals surface area contributed by atoms with Gasteiger partial charge in [-0.2, -0.15) is 10.2 Å². The number of nitrogens with one attached hydrogen (secondary N) is 3. The number of hydrogen-bond acceptors (Lipinski definition) is 4. The molecular formula is C13H15N5S. The molecule has 0 aliphatic heterocycles. The molecule has 0 unspecified atom stereocenters. The number of hydrogen-bond donors (Lipinski definition) is 3. The standard InChI is InChI=1S/C13H15N5S/c1-9-5-11(17-16-9)8-14-6-10-7-15-18-13(10)12-3-2-4-19-12/h2-5,7,14H,6,8H2,1H3,(H,15,18)(H,16,17). The molecule has 0 amide bonds. The third-order valence-corrected chi connectivity index (χ3v) is 3.75. The van der Waals surface area contributed by atoms with Crippen LogP contribution in [0.1, 0.15) is 17.0 Å². The largest absolute Gasteiger partial charge is 0.307 e. The number of aromatic nitrogens is 4. The molecule has 0 aromatic carbocycles. The zero-order valence-electron chi connectivity index (χ0n) is 10.6. The van der Waals surface area contributed by atoms with Crippen molar-refractivity contribution in [3.8, 4) is 10.6 Å². The maximum atomic E-state index is 4.20. The summed E-state index contributed by atoms with van der Waals surface area (Å²) in [7, 11) is 0. The lowest BCUT2D eigenvalue weighted by molar-refractivity contribution is 0.678. The van der Waals surface area contributed by atoms with Crippen molar-refractivity contribution in [2.24, 2.45) is 0 Å². The van der Waals surface area contributed by atoms with Crippen molar-refractivity contribution >= 4 is 11.3 Å². The predicted octanol–water partition coefficient (Wildman–Crippen LogP) is 2.46. The van der Waals surface area contributed by atoms with E-state index in [9.17, 15) is 0 Å². The predicted molar refractivity (Wildman–Crippen MR) is 75.8 cm³/mol. The third-order valence-electron chi connectivity index (χ3n) is 2.87. The SMILES string of the molecule is Cc1cc(CNCc2cn[nH]c2-c2cccs2)n[nH]1. The van der Waals surface area contributed by atoms with Gasteiger partial charge in [0.1, 0.15) is 0 Å². The van der Waals surface area contributed by atoms with Gasteiger partial charge in [-0.3, -0.25) is 10.2 Å². The smallest absolute Gasteiger partial charge is 0.0794 e. The molecule has 3 aromatic heterocycles. The van der Waals surface area contributed by atoms with Gasteiger partial charge in [-0.05, 0) is 24.4 Å². The molecule has 3 heterocycles. The van der Waals surface area contributed by atoms with Gasteiger partial charge >= 0.3 is 0 Å². The summed E-state index contributed by atoms with van der Waals surface area (Å²) < 4.78 is 0. The maximum absolute atomic E-state index is 4.20. The van der Waals surface area contributed by atoms with Gasteiger partial charge in [0.15, 0.2) is 0 Å². The molecule has 0 radical (unpaired) electrons. The van der Waals surface area contributed by atoms with E-state index in [2.05, 4.69) is 37.2 Å². The first kappa shape index (κ1) is 12.1. The highest BCUT2D eigenvalue weighted by molar-refractivity contribution is 7.13. The van der Waals surface area contributed by atoms with Crippen LogP contribution >= 0.6 is 11.3 Å². The molecule has 6 heteroatoms. The number of aryl methyl sites for hydroxylation is 1. The van der Waals surface area contributed by atoms with E-state index in [1.165, 1.54) is 10.4 Å². The summed E-state index contributed by atoms with van der Waals surface area (Å²) in [5, 5.41) is 19.8. The van der Waals surface area contributed by atoms with E-state index in [0.717, 1.165) is 30.2 Å². The molecule has 19 heavy (non-hydrogen) atoms. The second kappa shape index (κ2) is 5.38. The molecule has 3 aromatic rings. The van der Waals surface area contributed by atoms with Crippen LogP contribution in [0.2, 0.25) is 0 Å². The molecule has 0 atom stereocenters. The first-order chi connectivity index (χ1) is 9.33. The summed E-state index contributed by atoms with van der Waals surface area (Å²) in [5.74, 6) is 0. The van der Waals surface area contributed by atoms with Crippen LogP contribution < -0.4 is 5.32 Å². The number of nitrogens with zero attached hydrogens (tertiary/aromatic N) is 2. The minimum atomic E-state index is 0.749. The molecule has 0 aliphatic carbocycles. The van der Waals surface area contributed by atoms with Gasteiger partial charge in [0.2, 0.25) is 0 Å². The number of thiophene rings is 1. The van der Waals surface area contributed by atoms with Crippen LogP contribution in [0, 0.1) is 6.92 Å². The fraction of sp³-hybridized carbons (Fsp3) is 0.231. The molecule has 3 N–H and O–H groups in total. The summed E-state index contributed by atoms with van der Waals surface area (Å²) in [4.78, 5) is 1.21. The highest BCUT2D eigenvalue weighted by Crippen LogP contribution is 2.25. The van der Waals surface area contributed by atoms with Crippen LogP contribution in [0.3, 0.4) is 0 Å². The van der Waals surface area contributed by atoms with Gasteiger partial charge in [0.25, 0.3) is 0 Å². The average molecular weight is 273 g/mol. The minimum Gasteiger partial charge on any atom is -0.307 e. The topological polar surface area (TPSA) is 69.4 Å². The third kappa shape index (κ3) is 2.74. The molecule has 0 fully saturated rings. The quantitative estimate of drug-likeness (QED) is 0.669. The monoisotopic (exact) mass is 273 g/mol. The van der Waals surface area contributed by atoms with Crippen LogP contribution in [-0.2, 0) is 13.1 Å². The fourth-order valence-corrected chi connectivity index (χ4v) is 2.72. The Kier molecular flexibility index (Phi) is 3.43. The van der Waals surface area contributed by atoms with Crippen molar-refractivity contribution in [2.45, 2.75) is 20.0 Å². The summed E-state index contributed by atoms with van der Waals surface area (Å²) >= 11 is 1.71. The van der Waals surface area contributed by atoms with Crippen molar-refractivity contribution in [3.05, 3.63) is 46.7 Å². The summed E-state index contributed by atoms with van der Waals surface area (Å²) in [6.45, 7) is 3.52. The average Bonchev–Trinajstić information content (AvgIpc) is 3.09. The second-order valence-electron chi connectivity index (χ2n) is 4.39. The van der Waals surface area contributed by atoms with Gasteiger partial charge in [0, 0.05) is 24.3 Å². The van der Waals surface area contributed by atoms with E-state index >= 15 is 0 Å². The van der Waals surface area contributed by atoms with E-state index in [4.69, 9.17) is 0 Å². The van der Waals surface area contributed by atoms with Crippen molar-refractivity contribution in [1.82, 2.24) is 25.7 Å². The van der Waals surface area contributed by atoms with E-state index in [1.54, 1.807) is 11.3 Å². The van der Waals surface area contributed by atoms with Crippen molar-refractivity contribution < 1.29 is 0 Å². The van der Waals surface area contributed by atoms with Gasteiger partial charge in [0.05, 0.1) is 22.5 Å². The number of H-pyrrole nitrogens is 2. The molecule has 0 spiro atoms. The van der Waals surface area contributed by atoms with E-state index in [-0.39, 0.29) is 0 Å². The zero-order chi connectivity index (χ0) is 13.1. The van der Waals surface area contributed by atoms with Crippen LogP contribution in [0.25, 0.3) is 10.6 Å². The number of rotatable bonds is 5. The van der Waals surface area contributed by atoms with Crippen LogP contribution in [-0.4, -0.2) is 20.4 Å². The summed E-state index contributed by atoms with van der Waals surface area (Å²) in [6, 6.07) is 6.19. The molecule has 0 aliphatic rings. The first-order valence-corrected chi connectivity index (χ1v) is 6.98. The molecule has 5 nitrogen and oxygen atoms in total. The van der Waals surface area contributed by atoms with E-state index < -0.39 is 0 Å².